The zero-order valence-corrected chi connectivity index (χ0v) is 20.2. The number of nitrogens with one attached hydrogen (secondary N) is 1. The van der Waals surface area contributed by atoms with Crippen molar-refractivity contribution in [1.82, 2.24) is 25.1 Å². The zero-order valence-electron chi connectivity index (χ0n) is 18.5. The minimum atomic E-state index is -4.68. The average molecular weight is 556 g/mol. The van der Waals surface area contributed by atoms with Gasteiger partial charge in [0, 0.05) is 17.0 Å². The maximum absolute atomic E-state index is 13.0. The number of alkyl halides is 6. The Balaban J connectivity index is 0.00000456. The second-order valence-corrected chi connectivity index (χ2v) is 7.81. The van der Waals surface area contributed by atoms with Gasteiger partial charge in [0.25, 0.3) is 5.91 Å². The number of amides is 1. The van der Waals surface area contributed by atoms with E-state index in [0.29, 0.717) is 12.1 Å². The Hall–Kier alpha value is -3.00. The van der Waals surface area contributed by atoms with Crippen LogP contribution in [0.5, 0.6) is 5.75 Å². The molecule has 1 N–H and O–H groups in total. The lowest BCUT2D eigenvalue weighted by Crippen LogP contribution is -2.29. The highest BCUT2D eigenvalue weighted by Gasteiger charge is 2.32. The zero-order chi connectivity index (χ0) is 25.8. The van der Waals surface area contributed by atoms with Crippen molar-refractivity contribution in [1.29, 1.82) is 0 Å². The molecular formula is C21H20ClF6N5O2S. The van der Waals surface area contributed by atoms with Crippen LogP contribution in [0, 0.1) is 0 Å². The molecule has 3 aromatic rings. The molecule has 1 aromatic carbocycles. The molecule has 7 nitrogen and oxygen atoms in total. The Kier molecular flexibility index (Phi) is 9.60. The van der Waals surface area contributed by atoms with Gasteiger partial charge in [-0.25, -0.2) is 9.97 Å². The summed E-state index contributed by atoms with van der Waals surface area (Å²) in [5.41, 5.74) is -1.34. The molecule has 15 heteroatoms. The molecule has 1 amide bonds. The predicted molar refractivity (Wildman–Crippen MR) is 123 cm³/mol. The molecule has 0 saturated heterocycles. The van der Waals surface area contributed by atoms with Crippen molar-refractivity contribution in [3.63, 3.8) is 0 Å². The molecule has 0 aliphatic heterocycles. The molecular weight excluding hydrogens is 536 g/mol. The number of hydrogen-bond donors (Lipinski definition) is 1. The monoisotopic (exact) mass is 555 g/mol. The minimum Gasteiger partial charge on any atom is -0.492 e. The first-order valence-electron chi connectivity index (χ1n) is 10.1. The number of rotatable bonds is 8. The standard InChI is InChI=1S/C21H18ClF6N5O2.H2S/c1-12(32-19(34)13-7-14(21(26,27)28)9-15(22)8-13)18-30-11-31-33(18)17-4-3-16(10-29-17)35-6-2-5-20(23,24)25;/h3-4,7-12H,2,5-6H2,1H3,(H,32,34);1H2/t12-;/m0./s1. The van der Waals surface area contributed by atoms with E-state index in [-0.39, 0.29) is 54.5 Å². The van der Waals surface area contributed by atoms with Crippen LogP contribution < -0.4 is 10.1 Å². The minimum absolute atomic E-state index is 0. The van der Waals surface area contributed by atoms with Gasteiger partial charge in [0.1, 0.15) is 12.1 Å². The smallest absolute Gasteiger partial charge is 0.416 e. The lowest BCUT2D eigenvalue weighted by Gasteiger charge is -2.15. The molecule has 3 rings (SSSR count). The quantitative estimate of drug-likeness (QED) is 0.286. The first-order chi connectivity index (χ1) is 16.3. The van der Waals surface area contributed by atoms with Crippen LogP contribution in [-0.2, 0) is 6.18 Å². The SMILES string of the molecule is C[C@H](NC(=O)c1cc(Cl)cc(C(F)(F)F)c1)c1ncnn1-c1ccc(OCCCC(F)(F)F)cn1.S. The van der Waals surface area contributed by atoms with Crippen LogP contribution in [-0.4, -0.2) is 38.4 Å². The van der Waals surface area contributed by atoms with Crippen LogP contribution in [0.2, 0.25) is 5.02 Å². The van der Waals surface area contributed by atoms with Gasteiger partial charge in [-0.1, -0.05) is 11.6 Å². The van der Waals surface area contributed by atoms with Crippen LogP contribution in [0.3, 0.4) is 0 Å². The molecule has 2 aromatic heterocycles. The fourth-order valence-corrected chi connectivity index (χ4v) is 3.23. The van der Waals surface area contributed by atoms with Crippen LogP contribution >= 0.6 is 25.1 Å². The predicted octanol–water partition coefficient (Wildman–Crippen LogP) is 5.66. The maximum atomic E-state index is 13.0. The van der Waals surface area contributed by atoms with Gasteiger partial charge in [0.2, 0.25) is 0 Å². The summed E-state index contributed by atoms with van der Waals surface area (Å²) in [5, 5.41) is 6.33. The van der Waals surface area contributed by atoms with Crippen molar-refractivity contribution in [2.24, 2.45) is 0 Å². The Morgan fingerprint density at radius 1 is 1.14 bits per heavy atom. The second-order valence-electron chi connectivity index (χ2n) is 7.37. The molecule has 0 unspecified atom stereocenters. The molecule has 0 spiro atoms. The number of carbonyl (C=O) groups is 1. The summed E-state index contributed by atoms with van der Waals surface area (Å²) in [5.74, 6) is -0.0675. The number of halogens is 7. The van der Waals surface area contributed by atoms with Crippen molar-refractivity contribution >= 4 is 31.0 Å². The summed E-state index contributed by atoms with van der Waals surface area (Å²) in [6.07, 6.45) is -7.60. The fourth-order valence-electron chi connectivity index (χ4n) is 3.00. The number of carbonyl (C=O) groups excluding carboxylic acids is 1. The van der Waals surface area contributed by atoms with Crippen LogP contribution in [0.1, 0.15) is 47.6 Å². The van der Waals surface area contributed by atoms with E-state index in [1.165, 1.54) is 29.3 Å². The van der Waals surface area contributed by atoms with Gasteiger partial charge in [-0.2, -0.15) is 49.6 Å². The van der Waals surface area contributed by atoms with Crippen molar-refractivity contribution in [2.75, 3.05) is 6.61 Å². The highest BCUT2D eigenvalue weighted by Crippen LogP contribution is 2.32. The summed E-state index contributed by atoms with van der Waals surface area (Å²) < 4.78 is 82.2. The number of pyridine rings is 1. The van der Waals surface area contributed by atoms with Gasteiger partial charge in [0.05, 0.1) is 24.4 Å². The van der Waals surface area contributed by atoms with E-state index in [2.05, 4.69) is 20.4 Å². The Bertz CT molecular complexity index is 1170. The van der Waals surface area contributed by atoms with Crippen LogP contribution in [0.4, 0.5) is 26.3 Å². The lowest BCUT2D eigenvalue weighted by atomic mass is 10.1. The Morgan fingerprint density at radius 2 is 1.86 bits per heavy atom. The summed E-state index contributed by atoms with van der Waals surface area (Å²) in [6.45, 7) is 1.41. The van der Waals surface area contributed by atoms with Crippen LogP contribution in [0.25, 0.3) is 5.82 Å². The molecule has 196 valence electrons. The molecule has 36 heavy (non-hydrogen) atoms. The maximum Gasteiger partial charge on any atom is 0.416 e. The topological polar surface area (TPSA) is 81.9 Å². The third-order valence-electron chi connectivity index (χ3n) is 4.61. The molecule has 0 bridgehead atoms. The van der Waals surface area contributed by atoms with E-state index >= 15 is 0 Å². The number of benzene rings is 1. The van der Waals surface area contributed by atoms with Gasteiger partial charge >= 0.3 is 12.4 Å². The highest BCUT2D eigenvalue weighted by molar-refractivity contribution is 7.59. The molecule has 0 radical (unpaired) electrons. The lowest BCUT2D eigenvalue weighted by molar-refractivity contribution is -0.138. The van der Waals surface area contributed by atoms with Gasteiger partial charge < -0.3 is 10.1 Å². The number of nitrogens with zero attached hydrogens (tertiary/aromatic N) is 4. The second kappa shape index (κ2) is 11.8. The van der Waals surface area contributed by atoms with E-state index in [1.54, 1.807) is 6.92 Å². The Morgan fingerprint density at radius 3 is 2.47 bits per heavy atom. The van der Waals surface area contributed by atoms with Crippen molar-refractivity contribution in [3.8, 4) is 11.6 Å². The third kappa shape index (κ3) is 8.01. The molecule has 0 fully saturated rings. The summed E-state index contributed by atoms with van der Waals surface area (Å²) >= 11 is 5.74. The fraction of sp³-hybridized carbons (Fsp3) is 0.333. The van der Waals surface area contributed by atoms with Gasteiger partial charge in [-0.3, -0.25) is 4.79 Å². The van der Waals surface area contributed by atoms with E-state index < -0.39 is 36.3 Å². The average Bonchev–Trinajstić information content (AvgIpc) is 3.25. The van der Waals surface area contributed by atoms with E-state index in [9.17, 15) is 31.1 Å². The van der Waals surface area contributed by atoms with Crippen molar-refractivity contribution in [3.05, 3.63) is 64.8 Å². The molecule has 1 atom stereocenters. The van der Waals surface area contributed by atoms with Crippen molar-refractivity contribution < 1.29 is 35.9 Å². The molecule has 0 aliphatic carbocycles. The van der Waals surface area contributed by atoms with Crippen molar-refractivity contribution in [2.45, 2.75) is 38.2 Å². The summed E-state index contributed by atoms with van der Waals surface area (Å²) in [7, 11) is 0. The summed E-state index contributed by atoms with van der Waals surface area (Å²) in [4.78, 5) is 20.8. The highest BCUT2D eigenvalue weighted by atomic mass is 35.5. The normalized spacial score (nSPS) is 12.6. The van der Waals surface area contributed by atoms with E-state index in [1.807, 2.05) is 0 Å². The number of aromatic nitrogens is 4. The number of hydrogen-bond acceptors (Lipinski definition) is 5. The first-order valence-corrected chi connectivity index (χ1v) is 10.5. The molecule has 0 aliphatic rings. The van der Waals surface area contributed by atoms with E-state index in [0.717, 1.165) is 6.07 Å². The molecule has 0 saturated carbocycles. The summed E-state index contributed by atoms with van der Waals surface area (Å²) in [6, 6.07) is 4.69. The third-order valence-corrected chi connectivity index (χ3v) is 4.83. The van der Waals surface area contributed by atoms with Gasteiger partial charge in [0.15, 0.2) is 11.6 Å². The first kappa shape index (κ1) is 29.2. The largest absolute Gasteiger partial charge is 0.492 e. The molecule has 2 heterocycles. The van der Waals surface area contributed by atoms with Gasteiger partial charge in [-0.15, -0.1) is 0 Å². The number of ether oxygens (including phenoxy) is 1. The van der Waals surface area contributed by atoms with Gasteiger partial charge in [-0.05, 0) is 43.7 Å². The van der Waals surface area contributed by atoms with E-state index in [4.69, 9.17) is 16.3 Å². The van der Waals surface area contributed by atoms with Crippen LogP contribution in [0.15, 0.2) is 42.9 Å². The Labute approximate surface area is 213 Å².